The van der Waals surface area contributed by atoms with Crippen molar-refractivity contribution in [3.8, 4) is 17.1 Å². The van der Waals surface area contributed by atoms with Gasteiger partial charge in [0.25, 0.3) is 5.91 Å². The lowest BCUT2D eigenvalue weighted by molar-refractivity contribution is 0.0728. The van der Waals surface area contributed by atoms with Crippen LogP contribution in [0.1, 0.15) is 27.5 Å². The van der Waals surface area contributed by atoms with Crippen LogP contribution >= 0.6 is 23.4 Å². The maximum atomic E-state index is 13.1. The van der Waals surface area contributed by atoms with E-state index in [4.69, 9.17) is 16.0 Å². The Morgan fingerprint density at radius 1 is 0.946 bits per heavy atom. The lowest BCUT2D eigenvalue weighted by atomic mass is 10.00. The minimum absolute atomic E-state index is 0.122. The van der Waals surface area contributed by atoms with Gasteiger partial charge in [0.2, 0.25) is 5.89 Å². The summed E-state index contributed by atoms with van der Waals surface area (Å²) in [4.78, 5) is 19.4. The topological polar surface area (TPSA) is 77.0 Å². The molecular formula is C28H22ClN5O2S. The molecule has 0 fully saturated rings. The Morgan fingerprint density at radius 2 is 1.70 bits per heavy atom. The number of para-hydroxylation sites is 1. The Morgan fingerprint density at radius 3 is 2.54 bits per heavy atom. The van der Waals surface area contributed by atoms with Crippen molar-refractivity contribution in [1.29, 1.82) is 0 Å². The van der Waals surface area contributed by atoms with E-state index < -0.39 is 0 Å². The molecule has 0 spiro atoms. The molecule has 0 N–H and O–H groups in total. The molecule has 3 heterocycles. The number of carbonyl (C=O) groups is 1. The molecule has 2 aromatic heterocycles. The molecule has 0 unspecified atom stereocenters. The fourth-order valence-electron chi connectivity index (χ4n) is 4.42. The van der Waals surface area contributed by atoms with Crippen LogP contribution in [-0.2, 0) is 18.7 Å². The van der Waals surface area contributed by atoms with Crippen LogP contribution < -0.4 is 0 Å². The van der Waals surface area contributed by atoms with Crippen molar-refractivity contribution >= 4 is 29.3 Å². The minimum Gasteiger partial charge on any atom is -0.447 e. The van der Waals surface area contributed by atoms with Gasteiger partial charge in [0.05, 0.1) is 10.8 Å². The second-order valence-corrected chi connectivity index (χ2v) is 9.97. The summed E-state index contributed by atoms with van der Waals surface area (Å²) < 4.78 is 7.63. The van der Waals surface area contributed by atoms with E-state index >= 15 is 0 Å². The molecule has 0 saturated heterocycles. The van der Waals surface area contributed by atoms with E-state index in [0.717, 1.165) is 17.7 Å². The molecule has 9 heteroatoms. The summed E-state index contributed by atoms with van der Waals surface area (Å²) in [5.41, 5.74) is 4.49. The SMILES string of the molecule is O=C(c1coc(CSc2nnc(-c3ccccc3Cl)n2-c2ccccc2)n1)N1CCc2ccccc2C1. The van der Waals surface area contributed by atoms with E-state index in [2.05, 4.69) is 27.3 Å². The van der Waals surface area contributed by atoms with Gasteiger partial charge in [-0.25, -0.2) is 4.98 Å². The van der Waals surface area contributed by atoms with Gasteiger partial charge in [0.1, 0.15) is 6.26 Å². The highest BCUT2D eigenvalue weighted by Gasteiger charge is 2.24. The number of rotatable bonds is 6. The molecule has 3 aromatic carbocycles. The number of amides is 1. The Labute approximate surface area is 223 Å². The summed E-state index contributed by atoms with van der Waals surface area (Å²) in [6, 6.07) is 25.7. The standard InChI is InChI=1S/C28H22ClN5O2S/c29-23-13-7-6-12-22(23)26-31-32-28(34(26)21-10-2-1-3-11-21)37-18-25-30-24(17-36-25)27(35)33-15-14-19-8-4-5-9-20(19)16-33/h1-13,17H,14-16,18H2. The minimum atomic E-state index is -0.122. The first-order valence-electron chi connectivity index (χ1n) is 11.9. The van der Waals surface area contributed by atoms with Gasteiger partial charge >= 0.3 is 0 Å². The van der Waals surface area contributed by atoms with Crippen LogP contribution in [0.25, 0.3) is 17.1 Å². The molecule has 184 valence electrons. The highest BCUT2D eigenvalue weighted by molar-refractivity contribution is 7.98. The molecular weight excluding hydrogens is 506 g/mol. The van der Waals surface area contributed by atoms with Crippen LogP contribution in [0, 0.1) is 0 Å². The van der Waals surface area contributed by atoms with Gasteiger partial charge < -0.3 is 9.32 Å². The van der Waals surface area contributed by atoms with E-state index in [1.54, 1.807) is 0 Å². The van der Waals surface area contributed by atoms with E-state index in [1.807, 2.05) is 76.2 Å². The maximum Gasteiger partial charge on any atom is 0.276 e. The third-order valence-corrected chi connectivity index (χ3v) is 7.52. The van der Waals surface area contributed by atoms with E-state index in [-0.39, 0.29) is 5.91 Å². The predicted octanol–water partition coefficient (Wildman–Crippen LogP) is 6.07. The van der Waals surface area contributed by atoms with Gasteiger partial charge in [-0.05, 0) is 41.8 Å². The van der Waals surface area contributed by atoms with Gasteiger partial charge in [-0.15, -0.1) is 10.2 Å². The molecule has 0 radical (unpaired) electrons. The number of halogens is 1. The number of oxazole rings is 1. The van der Waals surface area contributed by atoms with Crippen molar-refractivity contribution in [3.05, 3.63) is 113 Å². The second-order valence-electron chi connectivity index (χ2n) is 8.62. The van der Waals surface area contributed by atoms with E-state index in [0.29, 0.717) is 46.4 Å². The molecule has 6 rings (SSSR count). The zero-order chi connectivity index (χ0) is 25.2. The summed E-state index contributed by atoms with van der Waals surface area (Å²) in [5.74, 6) is 1.37. The molecule has 0 bridgehead atoms. The van der Waals surface area contributed by atoms with Crippen LogP contribution in [0.15, 0.2) is 94.7 Å². The molecule has 7 nitrogen and oxygen atoms in total. The number of benzene rings is 3. The summed E-state index contributed by atoms with van der Waals surface area (Å²) in [6.45, 7) is 1.24. The summed E-state index contributed by atoms with van der Waals surface area (Å²) in [5, 5.41) is 10.1. The molecule has 0 atom stereocenters. The quantitative estimate of drug-likeness (QED) is 0.249. The van der Waals surface area contributed by atoms with E-state index in [1.165, 1.54) is 29.2 Å². The third-order valence-electron chi connectivity index (χ3n) is 6.28. The maximum absolute atomic E-state index is 13.1. The average molecular weight is 528 g/mol. The van der Waals surface area contributed by atoms with Crippen LogP contribution in [0.4, 0.5) is 0 Å². The number of thioether (sulfide) groups is 1. The number of aromatic nitrogens is 4. The van der Waals surface area contributed by atoms with Crippen LogP contribution in [0.5, 0.6) is 0 Å². The summed E-state index contributed by atoms with van der Waals surface area (Å²) >= 11 is 7.91. The first-order valence-corrected chi connectivity index (χ1v) is 13.2. The Balaban J connectivity index is 1.21. The highest BCUT2D eigenvalue weighted by Crippen LogP contribution is 2.33. The Hall–Kier alpha value is -3.88. The third kappa shape index (κ3) is 4.77. The van der Waals surface area contributed by atoms with Gasteiger partial charge in [-0.1, -0.05) is 78.0 Å². The van der Waals surface area contributed by atoms with Crippen molar-refractivity contribution in [2.45, 2.75) is 23.9 Å². The lowest BCUT2D eigenvalue weighted by Gasteiger charge is -2.28. The van der Waals surface area contributed by atoms with Crippen molar-refractivity contribution in [2.75, 3.05) is 6.54 Å². The first-order chi connectivity index (χ1) is 18.2. The number of hydrogen-bond acceptors (Lipinski definition) is 6. The van der Waals surface area contributed by atoms with Crippen molar-refractivity contribution < 1.29 is 9.21 Å². The lowest BCUT2D eigenvalue weighted by Crippen LogP contribution is -2.36. The monoisotopic (exact) mass is 527 g/mol. The zero-order valence-electron chi connectivity index (χ0n) is 19.8. The molecule has 1 amide bonds. The number of carbonyl (C=O) groups excluding carboxylic acids is 1. The van der Waals surface area contributed by atoms with Gasteiger partial charge in [0, 0.05) is 24.3 Å². The molecule has 0 aliphatic carbocycles. The smallest absolute Gasteiger partial charge is 0.276 e. The molecule has 1 aliphatic heterocycles. The number of fused-ring (bicyclic) bond motifs is 1. The average Bonchev–Trinajstić information content (AvgIpc) is 3.59. The van der Waals surface area contributed by atoms with Gasteiger partial charge in [-0.2, -0.15) is 0 Å². The van der Waals surface area contributed by atoms with E-state index in [9.17, 15) is 4.79 Å². The molecule has 0 saturated carbocycles. The van der Waals surface area contributed by atoms with Crippen LogP contribution in [0.2, 0.25) is 5.02 Å². The summed E-state index contributed by atoms with van der Waals surface area (Å²) in [6.07, 6.45) is 2.28. The van der Waals surface area contributed by atoms with Gasteiger partial charge in [0.15, 0.2) is 16.7 Å². The fourth-order valence-corrected chi connectivity index (χ4v) is 5.45. The number of nitrogens with zero attached hydrogens (tertiary/aromatic N) is 5. The van der Waals surface area contributed by atoms with Gasteiger partial charge in [-0.3, -0.25) is 9.36 Å². The van der Waals surface area contributed by atoms with Crippen LogP contribution in [0.3, 0.4) is 0 Å². The molecule has 1 aliphatic rings. The molecule has 37 heavy (non-hydrogen) atoms. The molecule has 5 aromatic rings. The normalized spacial score (nSPS) is 12.9. The number of hydrogen-bond donors (Lipinski definition) is 0. The van der Waals surface area contributed by atoms with Crippen LogP contribution in [-0.4, -0.2) is 37.1 Å². The van der Waals surface area contributed by atoms with Crippen molar-refractivity contribution in [3.63, 3.8) is 0 Å². The first kappa shape index (κ1) is 23.5. The van der Waals surface area contributed by atoms with Crippen molar-refractivity contribution in [1.82, 2.24) is 24.6 Å². The fraction of sp³-hybridized carbons (Fsp3) is 0.143. The Bertz CT molecular complexity index is 1570. The second kappa shape index (κ2) is 10.2. The highest BCUT2D eigenvalue weighted by atomic mass is 35.5. The zero-order valence-corrected chi connectivity index (χ0v) is 21.3. The largest absolute Gasteiger partial charge is 0.447 e. The predicted molar refractivity (Wildman–Crippen MR) is 143 cm³/mol. The summed E-state index contributed by atoms with van der Waals surface area (Å²) in [7, 11) is 0. The Kier molecular flexibility index (Phi) is 6.51. The van der Waals surface area contributed by atoms with Crippen molar-refractivity contribution in [2.24, 2.45) is 0 Å².